The third-order valence-electron chi connectivity index (χ3n) is 3.64. The molecule has 4 nitrogen and oxygen atoms in total. The highest BCUT2D eigenvalue weighted by molar-refractivity contribution is 7.91. The summed E-state index contributed by atoms with van der Waals surface area (Å²) in [5, 5.41) is 13.4. The molecule has 2 aromatic carbocycles. The maximum absolute atomic E-state index is 12.1. The predicted molar refractivity (Wildman–Crippen MR) is 88.8 cm³/mol. The number of para-hydroxylation sites is 1. The van der Waals surface area contributed by atoms with E-state index in [1.807, 2.05) is 31.2 Å². The molecule has 0 radical (unpaired) electrons. The minimum Gasteiger partial charge on any atom is -0.387 e. The minimum atomic E-state index is -3.29. The van der Waals surface area contributed by atoms with E-state index in [2.05, 4.69) is 5.32 Å². The van der Waals surface area contributed by atoms with Crippen molar-refractivity contribution in [2.75, 3.05) is 17.6 Å². The smallest absolute Gasteiger partial charge is 0.180 e. The van der Waals surface area contributed by atoms with Crippen molar-refractivity contribution in [2.24, 2.45) is 0 Å². The first-order valence-corrected chi connectivity index (χ1v) is 8.90. The van der Waals surface area contributed by atoms with Crippen LogP contribution in [0.3, 0.4) is 0 Å². The molecule has 0 bridgehead atoms. The Balaban J connectivity index is 2.18. The molecule has 0 spiro atoms. The Labute approximate surface area is 131 Å². The summed E-state index contributed by atoms with van der Waals surface area (Å²) in [6.07, 6.45) is -0.696. The molecule has 2 aromatic rings. The monoisotopic (exact) mass is 319 g/mol. The van der Waals surface area contributed by atoms with Gasteiger partial charge in [0.1, 0.15) is 0 Å². The van der Waals surface area contributed by atoms with Gasteiger partial charge in [0, 0.05) is 6.54 Å². The molecule has 2 N–H and O–H groups in total. The third kappa shape index (κ3) is 3.67. The standard InChI is InChI=1S/C17H21NO3S/c1-3-22(20,21)17-11-7-6-10-15(17)18-12-16(19)14-9-5-4-8-13(14)2/h4-11,16,18-19H,3,12H2,1-2H3. The first-order valence-electron chi connectivity index (χ1n) is 7.25. The first kappa shape index (κ1) is 16.5. The van der Waals surface area contributed by atoms with Crippen LogP contribution in [-0.4, -0.2) is 25.8 Å². The SMILES string of the molecule is CCS(=O)(=O)c1ccccc1NCC(O)c1ccccc1C. The highest BCUT2D eigenvalue weighted by atomic mass is 32.2. The molecule has 118 valence electrons. The quantitative estimate of drug-likeness (QED) is 0.859. The van der Waals surface area contributed by atoms with Gasteiger partial charge in [-0.1, -0.05) is 43.3 Å². The fourth-order valence-corrected chi connectivity index (χ4v) is 3.39. The number of anilines is 1. The number of aryl methyl sites for hydroxylation is 1. The van der Waals surface area contributed by atoms with Gasteiger partial charge in [-0.15, -0.1) is 0 Å². The highest BCUT2D eigenvalue weighted by Crippen LogP contribution is 2.24. The molecule has 0 aliphatic heterocycles. The summed E-state index contributed by atoms with van der Waals surface area (Å²) in [4.78, 5) is 0.273. The normalized spacial score (nSPS) is 12.9. The van der Waals surface area contributed by atoms with E-state index in [0.717, 1.165) is 11.1 Å². The van der Waals surface area contributed by atoms with E-state index in [1.165, 1.54) is 0 Å². The lowest BCUT2D eigenvalue weighted by Crippen LogP contribution is -2.15. The Bertz CT molecular complexity index is 741. The van der Waals surface area contributed by atoms with E-state index in [9.17, 15) is 13.5 Å². The Morgan fingerprint density at radius 3 is 2.41 bits per heavy atom. The van der Waals surface area contributed by atoms with Gasteiger partial charge >= 0.3 is 0 Å². The lowest BCUT2D eigenvalue weighted by Gasteiger charge is -2.17. The van der Waals surface area contributed by atoms with Gasteiger partial charge in [-0.2, -0.15) is 0 Å². The van der Waals surface area contributed by atoms with E-state index in [1.54, 1.807) is 31.2 Å². The van der Waals surface area contributed by atoms with Crippen molar-refractivity contribution in [3.05, 3.63) is 59.7 Å². The lowest BCUT2D eigenvalue weighted by atomic mass is 10.0. The van der Waals surface area contributed by atoms with Crippen molar-refractivity contribution >= 4 is 15.5 Å². The third-order valence-corrected chi connectivity index (χ3v) is 5.42. The Morgan fingerprint density at radius 1 is 1.09 bits per heavy atom. The van der Waals surface area contributed by atoms with Crippen LogP contribution in [0, 0.1) is 6.92 Å². The second kappa shape index (κ2) is 6.94. The van der Waals surface area contributed by atoms with Crippen LogP contribution in [0.4, 0.5) is 5.69 Å². The molecule has 0 aromatic heterocycles. The molecule has 0 heterocycles. The molecule has 0 saturated carbocycles. The van der Waals surface area contributed by atoms with Crippen molar-refractivity contribution < 1.29 is 13.5 Å². The van der Waals surface area contributed by atoms with Crippen LogP contribution in [0.5, 0.6) is 0 Å². The van der Waals surface area contributed by atoms with Crippen LogP contribution in [0.2, 0.25) is 0 Å². The Morgan fingerprint density at radius 2 is 1.73 bits per heavy atom. The van der Waals surface area contributed by atoms with Crippen LogP contribution >= 0.6 is 0 Å². The molecular weight excluding hydrogens is 298 g/mol. The van der Waals surface area contributed by atoms with Crippen LogP contribution in [-0.2, 0) is 9.84 Å². The first-order chi connectivity index (χ1) is 10.5. The highest BCUT2D eigenvalue weighted by Gasteiger charge is 2.17. The molecule has 0 saturated heterocycles. The summed E-state index contributed by atoms with van der Waals surface area (Å²) in [7, 11) is -3.29. The number of aliphatic hydroxyl groups is 1. The van der Waals surface area contributed by atoms with Crippen molar-refractivity contribution in [3.63, 3.8) is 0 Å². The Hall–Kier alpha value is -1.85. The molecule has 22 heavy (non-hydrogen) atoms. The van der Waals surface area contributed by atoms with E-state index in [-0.39, 0.29) is 17.2 Å². The molecule has 0 amide bonds. The fraction of sp³-hybridized carbons (Fsp3) is 0.294. The van der Waals surface area contributed by atoms with Gasteiger partial charge in [-0.25, -0.2) is 8.42 Å². The van der Waals surface area contributed by atoms with E-state index in [4.69, 9.17) is 0 Å². The summed E-state index contributed by atoms with van der Waals surface area (Å²) in [5.41, 5.74) is 2.37. The number of nitrogens with one attached hydrogen (secondary N) is 1. The summed E-state index contributed by atoms with van der Waals surface area (Å²) in [6.45, 7) is 3.81. The van der Waals surface area contributed by atoms with Gasteiger partial charge in [0.15, 0.2) is 9.84 Å². The maximum atomic E-state index is 12.1. The van der Waals surface area contributed by atoms with Crippen molar-refractivity contribution in [1.82, 2.24) is 0 Å². The van der Waals surface area contributed by atoms with E-state index in [0.29, 0.717) is 5.69 Å². The number of hydrogen-bond acceptors (Lipinski definition) is 4. The zero-order valence-corrected chi connectivity index (χ0v) is 13.6. The zero-order valence-electron chi connectivity index (χ0n) is 12.8. The number of aliphatic hydroxyl groups excluding tert-OH is 1. The van der Waals surface area contributed by atoms with Crippen molar-refractivity contribution in [1.29, 1.82) is 0 Å². The average Bonchev–Trinajstić information content (AvgIpc) is 2.53. The summed E-state index contributed by atoms with van der Waals surface area (Å²) >= 11 is 0. The summed E-state index contributed by atoms with van der Waals surface area (Å²) in [6, 6.07) is 14.4. The van der Waals surface area contributed by atoms with Crippen molar-refractivity contribution in [2.45, 2.75) is 24.8 Å². The minimum absolute atomic E-state index is 0.0477. The van der Waals surface area contributed by atoms with Gasteiger partial charge < -0.3 is 10.4 Å². The van der Waals surface area contributed by atoms with Gasteiger partial charge in [-0.3, -0.25) is 0 Å². The maximum Gasteiger partial charge on any atom is 0.180 e. The molecule has 0 fully saturated rings. The predicted octanol–water partition coefficient (Wildman–Crippen LogP) is 2.93. The molecule has 2 rings (SSSR count). The second-order valence-corrected chi connectivity index (χ2v) is 7.40. The number of hydrogen-bond donors (Lipinski definition) is 2. The number of rotatable bonds is 6. The molecule has 1 unspecified atom stereocenters. The molecule has 5 heteroatoms. The Kier molecular flexibility index (Phi) is 5.21. The number of benzene rings is 2. The molecule has 1 atom stereocenters. The lowest BCUT2D eigenvalue weighted by molar-refractivity contribution is 0.191. The van der Waals surface area contributed by atoms with Crippen LogP contribution in [0.15, 0.2) is 53.4 Å². The van der Waals surface area contributed by atoms with Crippen molar-refractivity contribution in [3.8, 4) is 0 Å². The molecule has 0 aliphatic rings. The van der Waals surface area contributed by atoms with Gasteiger partial charge in [0.2, 0.25) is 0 Å². The summed E-state index contributed by atoms with van der Waals surface area (Å²) < 4.78 is 24.2. The van der Waals surface area contributed by atoms with Crippen LogP contribution in [0.25, 0.3) is 0 Å². The van der Waals surface area contributed by atoms with Crippen LogP contribution in [0.1, 0.15) is 24.2 Å². The van der Waals surface area contributed by atoms with E-state index >= 15 is 0 Å². The van der Waals surface area contributed by atoms with Crippen LogP contribution < -0.4 is 5.32 Å². The second-order valence-electron chi connectivity index (χ2n) is 5.15. The fourth-order valence-electron chi connectivity index (χ4n) is 2.32. The van der Waals surface area contributed by atoms with Gasteiger partial charge in [0.05, 0.1) is 22.4 Å². The van der Waals surface area contributed by atoms with Gasteiger partial charge in [-0.05, 0) is 30.2 Å². The van der Waals surface area contributed by atoms with Gasteiger partial charge in [0.25, 0.3) is 0 Å². The zero-order chi connectivity index (χ0) is 16.2. The summed E-state index contributed by atoms with van der Waals surface area (Å²) in [5.74, 6) is 0.0477. The average molecular weight is 319 g/mol. The molecule has 0 aliphatic carbocycles. The largest absolute Gasteiger partial charge is 0.387 e. The number of sulfone groups is 1. The molecular formula is C17H21NO3S. The van der Waals surface area contributed by atoms with E-state index < -0.39 is 15.9 Å². The topological polar surface area (TPSA) is 66.4 Å².